The fourth-order valence-electron chi connectivity index (χ4n) is 2.41. The molecule has 21 heavy (non-hydrogen) atoms. The molecule has 0 bridgehead atoms. The molecular formula is C17H31NaO3. The Balaban J connectivity index is 0. The number of hydrogen-bond donors (Lipinski definition) is 0. The van der Waals surface area contributed by atoms with Gasteiger partial charge >= 0.3 is 29.6 Å². The molecule has 0 atom stereocenters. The van der Waals surface area contributed by atoms with Gasteiger partial charge in [0.25, 0.3) is 0 Å². The van der Waals surface area contributed by atoms with E-state index in [1.807, 2.05) is 0 Å². The SMILES string of the molecule is CCCCCCCCCCCCCCCC(=O)C(=O)[O-].[Na+]. The summed E-state index contributed by atoms with van der Waals surface area (Å²) >= 11 is 0. The van der Waals surface area contributed by atoms with Crippen LogP contribution in [0.4, 0.5) is 0 Å². The van der Waals surface area contributed by atoms with Crippen molar-refractivity contribution in [3.63, 3.8) is 0 Å². The van der Waals surface area contributed by atoms with Gasteiger partial charge < -0.3 is 9.90 Å². The van der Waals surface area contributed by atoms with Gasteiger partial charge in [-0.05, 0) is 6.42 Å². The minimum absolute atomic E-state index is 0. The number of Topliss-reactive ketones (excluding diaryl/α,β-unsaturated/α-hetero) is 1. The first kappa shape index (κ1) is 23.4. The van der Waals surface area contributed by atoms with Crippen LogP contribution in [0.2, 0.25) is 0 Å². The summed E-state index contributed by atoms with van der Waals surface area (Å²) in [6.45, 7) is 2.24. The molecule has 0 aliphatic heterocycles. The Kier molecular flexibility index (Phi) is 20.3. The molecule has 118 valence electrons. The molecule has 0 heterocycles. The smallest absolute Gasteiger partial charge is 0.542 e. The summed E-state index contributed by atoms with van der Waals surface area (Å²) in [5.74, 6) is -2.29. The van der Waals surface area contributed by atoms with Crippen molar-refractivity contribution in [2.24, 2.45) is 0 Å². The topological polar surface area (TPSA) is 57.2 Å². The van der Waals surface area contributed by atoms with Crippen LogP contribution >= 0.6 is 0 Å². The van der Waals surface area contributed by atoms with E-state index in [2.05, 4.69) is 6.92 Å². The first-order valence-corrected chi connectivity index (χ1v) is 8.42. The van der Waals surface area contributed by atoms with E-state index in [1.165, 1.54) is 64.2 Å². The predicted octanol–water partition coefficient (Wildman–Crippen LogP) is 0.791. The van der Waals surface area contributed by atoms with Crippen LogP contribution < -0.4 is 34.7 Å². The van der Waals surface area contributed by atoms with Gasteiger partial charge in [-0.25, -0.2) is 0 Å². The van der Waals surface area contributed by atoms with Crippen LogP contribution in [-0.4, -0.2) is 11.8 Å². The number of rotatable bonds is 15. The van der Waals surface area contributed by atoms with Gasteiger partial charge in [-0.2, -0.15) is 0 Å². The molecule has 0 rings (SSSR count). The molecule has 0 amide bonds. The van der Waals surface area contributed by atoms with Gasteiger partial charge in [0, 0.05) is 6.42 Å². The second kappa shape index (κ2) is 18.2. The summed E-state index contributed by atoms with van der Waals surface area (Å²) in [5.41, 5.74) is 0. The number of carbonyl (C=O) groups is 2. The summed E-state index contributed by atoms with van der Waals surface area (Å²) in [6, 6.07) is 0. The van der Waals surface area contributed by atoms with E-state index in [1.54, 1.807) is 0 Å². The Bertz CT molecular complexity index is 254. The molecule has 0 saturated heterocycles. The van der Waals surface area contributed by atoms with Crippen molar-refractivity contribution in [1.82, 2.24) is 0 Å². The van der Waals surface area contributed by atoms with E-state index in [-0.39, 0.29) is 36.0 Å². The number of aliphatic carboxylic acids is 1. The molecular weight excluding hydrogens is 275 g/mol. The molecule has 0 unspecified atom stereocenters. The van der Waals surface area contributed by atoms with Crippen LogP contribution in [0, 0.1) is 0 Å². The Hall–Kier alpha value is 0.140. The van der Waals surface area contributed by atoms with Crippen LogP contribution in [0.1, 0.15) is 96.8 Å². The standard InChI is InChI=1S/C17H32O3.Na/c1-2-3-4-5-6-7-8-9-10-11-12-13-14-15-16(18)17(19)20;/h2-15H2,1H3,(H,19,20);/q;+1/p-1. The van der Waals surface area contributed by atoms with Gasteiger partial charge in [-0.1, -0.05) is 84.0 Å². The van der Waals surface area contributed by atoms with Crippen molar-refractivity contribution >= 4 is 11.8 Å². The fraction of sp³-hybridized carbons (Fsp3) is 0.882. The van der Waals surface area contributed by atoms with Crippen molar-refractivity contribution in [3.8, 4) is 0 Å². The molecule has 3 nitrogen and oxygen atoms in total. The maximum atomic E-state index is 10.8. The maximum Gasteiger partial charge on any atom is 1.00 e. The average molecular weight is 306 g/mol. The van der Waals surface area contributed by atoms with E-state index in [0.29, 0.717) is 6.42 Å². The molecule has 0 radical (unpaired) electrons. The van der Waals surface area contributed by atoms with Gasteiger partial charge in [0.15, 0.2) is 5.78 Å². The van der Waals surface area contributed by atoms with E-state index >= 15 is 0 Å². The third-order valence-electron chi connectivity index (χ3n) is 3.74. The van der Waals surface area contributed by atoms with Crippen LogP contribution in [-0.2, 0) is 9.59 Å². The van der Waals surface area contributed by atoms with Crippen LogP contribution in [0.3, 0.4) is 0 Å². The fourth-order valence-corrected chi connectivity index (χ4v) is 2.41. The van der Waals surface area contributed by atoms with E-state index in [4.69, 9.17) is 0 Å². The maximum absolute atomic E-state index is 10.8. The molecule has 0 N–H and O–H groups in total. The van der Waals surface area contributed by atoms with Gasteiger partial charge in [0.2, 0.25) is 0 Å². The summed E-state index contributed by atoms with van der Waals surface area (Å²) in [6.07, 6.45) is 16.2. The first-order valence-electron chi connectivity index (χ1n) is 8.42. The second-order valence-corrected chi connectivity index (χ2v) is 5.70. The van der Waals surface area contributed by atoms with Crippen molar-refractivity contribution in [3.05, 3.63) is 0 Å². The average Bonchev–Trinajstić information content (AvgIpc) is 2.43. The number of carbonyl (C=O) groups excluding carboxylic acids is 2. The minimum atomic E-state index is -1.54. The summed E-state index contributed by atoms with van der Waals surface area (Å²) in [4.78, 5) is 21.0. The summed E-state index contributed by atoms with van der Waals surface area (Å²) in [5, 5.41) is 10.2. The predicted molar refractivity (Wildman–Crippen MR) is 80.3 cm³/mol. The molecule has 0 aromatic carbocycles. The normalized spacial score (nSPS) is 10.1. The van der Waals surface area contributed by atoms with Crippen LogP contribution in [0.15, 0.2) is 0 Å². The number of carboxylic acid groups (broad SMARTS) is 1. The van der Waals surface area contributed by atoms with E-state index < -0.39 is 11.8 Å². The molecule has 0 saturated carbocycles. The number of carboxylic acids is 1. The molecule has 0 aliphatic rings. The largest absolute Gasteiger partial charge is 1.00 e. The number of ketones is 1. The van der Waals surface area contributed by atoms with Crippen molar-refractivity contribution in [2.75, 3.05) is 0 Å². The third kappa shape index (κ3) is 18.1. The zero-order chi connectivity index (χ0) is 15.1. The molecule has 0 spiro atoms. The summed E-state index contributed by atoms with van der Waals surface area (Å²) < 4.78 is 0. The van der Waals surface area contributed by atoms with Gasteiger partial charge in [-0.3, -0.25) is 4.79 Å². The molecule has 0 aromatic heterocycles. The Labute approximate surface area is 152 Å². The Morgan fingerprint density at radius 3 is 1.33 bits per heavy atom. The quantitative estimate of drug-likeness (QED) is 0.255. The Morgan fingerprint density at radius 2 is 1.00 bits per heavy atom. The molecule has 0 fully saturated rings. The third-order valence-corrected chi connectivity index (χ3v) is 3.74. The van der Waals surface area contributed by atoms with Gasteiger partial charge in [-0.15, -0.1) is 0 Å². The number of unbranched alkanes of at least 4 members (excludes halogenated alkanes) is 12. The Morgan fingerprint density at radius 1 is 0.667 bits per heavy atom. The molecule has 0 aliphatic carbocycles. The second-order valence-electron chi connectivity index (χ2n) is 5.70. The zero-order valence-electron chi connectivity index (χ0n) is 14.1. The van der Waals surface area contributed by atoms with Crippen LogP contribution in [0.25, 0.3) is 0 Å². The minimum Gasteiger partial charge on any atom is -0.542 e. The van der Waals surface area contributed by atoms with Gasteiger partial charge in [0.05, 0.1) is 0 Å². The van der Waals surface area contributed by atoms with E-state index in [9.17, 15) is 14.7 Å². The first-order chi connectivity index (χ1) is 9.68. The molecule has 4 heteroatoms. The van der Waals surface area contributed by atoms with Crippen molar-refractivity contribution in [1.29, 1.82) is 0 Å². The van der Waals surface area contributed by atoms with Crippen molar-refractivity contribution < 1.29 is 44.3 Å². The van der Waals surface area contributed by atoms with Crippen LogP contribution in [0.5, 0.6) is 0 Å². The van der Waals surface area contributed by atoms with Crippen molar-refractivity contribution in [2.45, 2.75) is 96.8 Å². The number of hydrogen-bond acceptors (Lipinski definition) is 3. The monoisotopic (exact) mass is 306 g/mol. The zero-order valence-corrected chi connectivity index (χ0v) is 16.1. The van der Waals surface area contributed by atoms with Gasteiger partial charge in [0.1, 0.15) is 5.97 Å². The van der Waals surface area contributed by atoms with E-state index in [0.717, 1.165) is 12.8 Å². The molecule has 0 aromatic rings. The summed E-state index contributed by atoms with van der Waals surface area (Å²) in [7, 11) is 0.